The van der Waals surface area contributed by atoms with Crippen molar-refractivity contribution >= 4 is 23.6 Å². The molecule has 0 bridgehead atoms. The number of benzene rings is 2. The number of ether oxygens (including phenoxy) is 2. The molecule has 0 heterocycles. The Labute approximate surface area is 155 Å². The quantitative estimate of drug-likeness (QED) is 0.596. The molecule has 0 aliphatic rings. The molecule has 2 N–H and O–H groups in total. The number of carbonyl (C=O) groups is 2. The van der Waals surface area contributed by atoms with Crippen LogP contribution in [0.5, 0.6) is 11.5 Å². The van der Waals surface area contributed by atoms with Gasteiger partial charge in [0.25, 0.3) is 11.8 Å². The van der Waals surface area contributed by atoms with Crippen molar-refractivity contribution in [2.75, 3.05) is 20.0 Å². The molecule has 0 spiro atoms. The van der Waals surface area contributed by atoms with E-state index in [0.29, 0.717) is 22.6 Å². The van der Waals surface area contributed by atoms with Gasteiger partial charge in [-0.3, -0.25) is 20.4 Å². The first-order valence-electron chi connectivity index (χ1n) is 7.52. The molecule has 0 aliphatic carbocycles. The summed E-state index contributed by atoms with van der Waals surface area (Å²) in [7, 11) is 1.47. The van der Waals surface area contributed by atoms with Crippen LogP contribution in [0.25, 0.3) is 0 Å². The smallest absolute Gasteiger partial charge is 0.276 e. The second kappa shape index (κ2) is 9.34. The third kappa shape index (κ3) is 4.91. The maximum absolute atomic E-state index is 12.2. The minimum atomic E-state index is -0.564. The lowest BCUT2D eigenvalue weighted by atomic mass is 10.2. The molecule has 0 aliphatic heterocycles. The van der Waals surface area contributed by atoms with Crippen molar-refractivity contribution < 1.29 is 19.1 Å². The van der Waals surface area contributed by atoms with E-state index in [9.17, 15) is 9.59 Å². The number of rotatable bonds is 6. The lowest BCUT2D eigenvalue weighted by Gasteiger charge is -2.12. The molecule has 0 atom stereocenters. The predicted octanol–water partition coefficient (Wildman–Crippen LogP) is 2.13. The number of thioether (sulfide) groups is 1. The lowest BCUT2D eigenvalue weighted by molar-refractivity contribution is -0.123. The summed E-state index contributed by atoms with van der Waals surface area (Å²) in [6, 6.07) is 13.7. The number of amides is 2. The molecule has 26 heavy (non-hydrogen) atoms. The molecule has 2 amide bonds. The summed E-state index contributed by atoms with van der Waals surface area (Å²) in [5.41, 5.74) is 5.18. The normalized spacial score (nSPS) is 9.73. The fourth-order valence-electron chi connectivity index (χ4n) is 2.04. The van der Waals surface area contributed by atoms with Crippen LogP contribution in [-0.2, 0) is 4.79 Å². The second-order valence-corrected chi connectivity index (χ2v) is 5.84. The van der Waals surface area contributed by atoms with Gasteiger partial charge in [0.1, 0.15) is 17.6 Å². The van der Waals surface area contributed by atoms with Crippen LogP contribution in [0, 0.1) is 11.3 Å². The molecule has 0 fully saturated rings. The summed E-state index contributed by atoms with van der Waals surface area (Å²) in [6.07, 6.45) is 1.92. The van der Waals surface area contributed by atoms with Crippen molar-refractivity contribution in [3.63, 3.8) is 0 Å². The van der Waals surface area contributed by atoms with E-state index in [0.717, 1.165) is 4.90 Å². The predicted molar refractivity (Wildman–Crippen MR) is 97.0 cm³/mol. The fourth-order valence-corrected chi connectivity index (χ4v) is 2.47. The highest BCUT2D eigenvalue weighted by Crippen LogP contribution is 2.25. The number of hydrogen-bond acceptors (Lipinski definition) is 6. The topological polar surface area (TPSA) is 100 Å². The van der Waals surface area contributed by atoms with Crippen LogP contribution in [0.4, 0.5) is 0 Å². The second-order valence-electron chi connectivity index (χ2n) is 4.97. The molecule has 0 saturated carbocycles. The first-order valence-corrected chi connectivity index (χ1v) is 8.74. The highest BCUT2D eigenvalue weighted by molar-refractivity contribution is 7.98. The zero-order chi connectivity index (χ0) is 18.9. The number of methoxy groups -OCH3 is 1. The molecular formula is C18H17N3O4S. The van der Waals surface area contributed by atoms with Gasteiger partial charge in [-0.15, -0.1) is 11.8 Å². The number of para-hydroxylation sites is 1. The van der Waals surface area contributed by atoms with Crippen LogP contribution in [0.3, 0.4) is 0 Å². The van der Waals surface area contributed by atoms with E-state index in [4.69, 9.17) is 14.7 Å². The monoisotopic (exact) mass is 371 g/mol. The third-order valence-electron chi connectivity index (χ3n) is 3.34. The van der Waals surface area contributed by atoms with Crippen LogP contribution < -0.4 is 20.3 Å². The number of nitrogens with zero attached hydrogens (tertiary/aromatic N) is 1. The summed E-state index contributed by atoms with van der Waals surface area (Å²) in [5, 5.41) is 8.97. The van der Waals surface area contributed by atoms with Gasteiger partial charge in [0.2, 0.25) is 0 Å². The molecule has 2 aromatic carbocycles. The Balaban J connectivity index is 1.91. The maximum atomic E-state index is 12.2. The average Bonchev–Trinajstić information content (AvgIpc) is 2.69. The molecular weight excluding hydrogens is 354 g/mol. The highest BCUT2D eigenvalue weighted by atomic mass is 32.2. The van der Waals surface area contributed by atoms with Crippen LogP contribution in [0.2, 0.25) is 0 Å². The summed E-state index contributed by atoms with van der Waals surface area (Å²) in [4.78, 5) is 25.0. The standard InChI is InChI=1S/C18H17N3O4S/c1-24-16-9-13(26-2)7-8-14(16)18(23)21-20-17(22)11-25-15-6-4-3-5-12(15)10-19/h3-9H,11H2,1-2H3,(H,20,22)(H,21,23). The Morgan fingerprint density at radius 3 is 2.62 bits per heavy atom. The van der Waals surface area contributed by atoms with Crippen LogP contribution in [-0.4, -0.2) is 31.8 Å². The van der Waals surface area contributed by atoms with Crippen molar-refractivity contribution in [1.29, 1.82) is 5.26 Å². The van der Waals surface area contributed by atoms with Gasteiger partial charge in [0.05, 0.1) is 18.2 Å². The minimum Gasteiger partial charge on any atom is -0.496 e. The summed E-state index contributed by atoms with van der Waals surface area (Å²) >= 11 is 1.52. The first-order chi connectivity index (χ1) is 12.6. The van der Waals surface area contributed by atoms with E-state index < -0.39 is 11.8 Å². The van der Waals surface area contributed by atoms with Crippen LogP contribution in [0.1, 0.15) is 15.9 Å². The van der Waals surface area contributed by atoms with Gasteiger partial charge >= 0.3 is 0 Å². The Bertz CT molecular complexity index is 849. The summed E-state index contributed by atoms with van der Waals surface area (Å²) in [5.74, 6) is -0.375. The molecule has 8 heteroatoms. The van der Waals surface area contributed by atoms with Gasteiger partial charge in [-0.05, 0) is 36.6 Å². The van der Waals surface area contributed by atoms with Gasteiger partial charge in [-0.2, -0.15) is 5.26 Å². The lowest BCUT2D eigenvalue weighted by Crippen LogP contribution is -2.44. The Morgan fingerprint density at radius 2 is 1.92 bits per heavy atom. The largest absolute Gasteiger partial charge is 0.496 e. The van der Waals surface area contributed by atoms with Crippen molar-refractivity contribution in [3.05, 3.63) is 53.6 Å². The van der Waals surface area contributed by atoms with Crippen molar-refractivity contribution in [3.8, 4) is 17.6 Å². The molecule has 134 valence electrons. The first kappa shape index (κ1) is 19.1. The molecule has 2 aromatic rings. The van der Waals surface area contributed by atoms with E-state index in [1.807, 2.05) is 12.3 Å². The number of carbonyl (C=O) groups excluding carboxylic acids is 2. The molecule has 0 unspecified atom stereocenters. The third-order valence-corrected chi connectivity index (χ3v) is 4.06. The van der Waals surface area contributed by atoms with Crippen LogP contribution >= 0.6 is 11.8 Å². The highest BCUT2D eigenvalue weighted by Gasteiger charge is 2.14. The van der Waals surface area contributed by atoms with Gasteiger partial charge in [-0.1, -0.05) is 12.1 Å². The zero-order valence-corrected chi connectivity index (χ0v) is 15.1. The average molecular weight is 371 g/mol. The van der Waals surface area contributed by atoms with E-state index in [-0.39, 0.29) is 6.61 Å². The van der Waals surface area contributed by atoms with Crippen molar-refractivity contribution in [2.24, 2.45) is 0 Å². The maximum Gasteiger partial charge on any atom is 0.276 e. The van der Waals surface area contributed by atoms with Gasteiger partial charge in [-0.25, -0.2) is 0 Å². The van der Waals surface area contributed by atoms with Gasteiger partial charge < -0.3 is 9.47 Å². The SMILES string of the molecule is COc1cc(SC)ccc1C(=O)NNC(=O)COc1ccccc1C#N. The van der Waals surface area contributed by atoms with Crippen LogP contribution in [0.15, 0.2) is 47.4 Å². The molecule has 0 aromatic heterocycles. The van der Waals surface area contributed by atoms with E-state index in [2.05, 4.69) is 10.9 Å². The molecule has 0 radical (unpaired) electrons. The Kier molecular flexibility index (Phi) is 6.88. The molecule has 7 nitrogen and oxygen atoms in total. The summed E-state index contributed by atoms with van der Waals surface area (Å²) in [6.45, 7) is -0.346. The van der Waals surface area contributed by atoms with Gasteiger partial charge in [0.15, 0.2) is 6.61 Å². The number of nitrogens with one attached hydrogen (secondary N) is 2. The molecule has 2 rings (SSSR count). The Morgan fingerprint density at radius 1 is 1.15 bits per heavy atom. The van der Waals surface area contributed by atoms with Crippen molar-refractivity contribution in [2.45, 2.75) is 4.90 Å². The van der Waals surface area contributed by atoms with Gasteiger partial charge in [0, 0.05) is 4.90 Å². The van der Waals surface area contributed by atoms with E-state index in [1.54, 1.807) is 42.5 Å². The zero-order valence-electron chi connectivity index (χ0n) is 14.2. The van der Waals surface area contributed by atoms with E-state index in [1.165, 1.54) is 18.9 Å². The number of hydrogen-bond donors (Lipinski definition) is 2. The number of hydrazine groups is 1. The van der Waals surface area contributed by atoms with E-state index >= 15 is 0 Å². The summed E-state index contributed by atoms with van der Waals surface area (Å²) < 4.78 is 10.5. The molecule has 0 saturated heterocycles. The Hall–Kier alpha value is -3.18. The minimum absolute atomic E-state index is 0.293. The fraction of sp³-hybridized carbons (Fsp3) is 0.167. The van der Waals surface area contributed by atoms with Crippen molar-refractivity contribution in [1.82, 2.24) is 10.9 Å². The number of nitriles is 1.